The summed E-state index contributed by atoms with van der Waals surface area (Å²) in [4.78, 5) is 24.2. The highest BCUT2D eigenvalue weighted by Crippen LogP contribution is 2.62. The Labute approximate surface area is 137 Å². The van der Waals surface area contributed by atoms with Gasteiger partial charge >= 0.3 is 5.97 Å². The fourth-order valence-electron chi connectivity index (χ4n) is 4.37. The number of rotatable bonds is 3. The molecule has 0 spiro atoms. The summed E-state index contributed by atoms with van der Waals surface area (Å²) in [6, 6.07) is 2.65. The summed E-state index contributed by atoms with van der Waals surface area (Å²) < 4.78 is 26.9. The summed E-state index contributed by atoms with van der Waals surface area (Å²) in [5, 5.41) is 14.7. The Morgan fingerprint density at radius 3 is 2.42 bits per heavy atom. The van der Waals surface area contributed by atoms with E-state index in [1.807, 2.05) is 0 Å². The normalized spacial score (nSPS) is 33.6. The van der Waals surface area contributed by atoms with Crippen LogP contribution in [0.5, 0.6) is 0 Å². The second kappa shape index (κ2) is 5.09. The maximum absolute atomic E-state index is 13.5. The van der Waals surface area contributed by atoms with Crippen molar-refractivity contribution >= 4 is 18.1 Å². The molecule has 0 radical (unpaired) electrons. The van der Waals surface area contributed by atoms with E-state index in [0.717, 1.165) is 6.07 Å². The van der Waals surface area contributed by atoms with Crippen molar-refractivity contribution in [1.29, 1.82) is 0 Å². The number of carboxylic acid groups (broad SMARTS) is 1. The Morgan fingerprint density at radius 2 is 1.83 bits per heavy atom. The molecule has 1 heterocycles. The zero-order chi connectivity index (χ0) is 17.1. The summed E-state index contributed by atoms with van der Waals surface area (Å²) in [7, 11) is 0. The molecule has 0 saturated heterocycles. The third kappa shape index (κ3) is 2.14. The number of benzene rings is 1. The van der Waals surface area contributed by atoms with E-state index in [2.05, 4.69) is 5.10 Å². The van der Waals surface area contributed by atoms with Gasteiger partial charge in [0.05, 0.1) is 11.5 Å². The molecule has 4 aliphatic rings. The van der Waals surface area contributed by atoms with E-state index in [0.29, 0.717) is 31.2 Å². The lowest BCUT2D eigenvalue weighted by Gasteiger charge is -2.34. The first-order chi connectivity index (χ1) is 11.4. The standard InChI is InChI=1S/C17H16F2N2O3/c18-11-3-9(4-12(19)5-11)14-1-2-20-21(14)15(22)13-8-17(16(23)24)6-10(13)7-17/h2-5,10,13-14H,1,6-8H2,(H,23,24)/t10?,13-,14?,17?/m0/s1. The predicted octanol–water partition coefficient (Wildman–Crippen LogP) is 2.72. The van der Waals surface area contributed by atoms with E-state index in [1.165, 1.54) is 17.1 Å². The van der Waals surface area contributed by atoms with Crippen LogP contribution in [0.3, 0.4) is 0 Å². The van der Waals surface area contributed by atoms with Gasteiger partial charge in [-0.25, -0.2) is 13.8 Å². The summed E-state index contributed by atoms with van der Waals surface area (Å²) >= 11 is 0. The molecule has 7 heteroatoms. The number of carboxylic acids is 1. The lowest BCUT2D eigenvalue weighted by Crippen LogP contribution is -2.37. The molecule has 2 atom stereocenters. The molecule has 3 fully saturated rings. The molecule has 24 heavy (non-hydrogen) atoms. The van der Waals surface area contributed by atoms with E-state index >= 15 is 0 Å². The highest BCUT2D eigenvalue weighted by molar-refractivity contribution is 5.86. The molecule has 1 unspecified atom stereocenters. The first-order valence-corrected chi connectivity index (χ1v) is 7.94. The molecule has 3 saturated carbocycles. The second-order valence-electron chi connectivity index (χ2n) is 7.00. The first-order valence-electron chi connectivity index (χ1n) is 7.94. The van der Waals surface area contributed by atoms with E-state index in [1.54, 1.807) is 6.21 Å². The number of hydrazone groups is 1. The van der Waals surface area contributed by atoms with E-state index < -0.39 is 29.1 Å². The molecular weight excluding hydrogens is 318 g/mol. The number of halogens is 2. The molecule has 1 aromatic rings. The van der Waals surface area contributed by atoms with Crippen LogP contribution in [-0.4, -0.2) is 28.2 Å². The molecule has 5 nitrogen and oxygen atoms in total. The number of carbonyl (C=O) groups excluding carboxylic acids is 1. The lowest BCUT2D eigenvalue weighted by atomic mass is 9.69. The SMILES string of the molecule is O=C([C@H]1CC2(C(=O)O)CC1C2)N1N=CCC1c1cc(F)cc(F)c1. The number of amides is 1. The number of carbonyl (C=O) groups is 2. The van der Waals surface area contributed by atoms with Gasteiger partial charge < -0.3 is 5.11 Å². The van der Waals surface area contributed by atoms with Gasteiger partial charge in [-0.05, 0) is 42.9 Å². The van der Waals surface area contributed by atoms with Gasteiger partial charge in [0.25, 0.3) is 0 Å². The van der Waals surface area contributed by atoms with Gasteiger partial charge in [-0.2, -0.15) is 5.10 Å². The Morgan fingerprint density at radius 1 is 1.17 bits per heavy atom. The van der Waals surface area contributed by atoms with Crippen LogP contribution in [0.25, 0.3) is 0 Å². The van der Waals surface area contributed by atoms with Gasteiger partial charge in [0.1, 0.15) is 11.6 Å². The molecule has 5 rings (SSSR count). The van der Waals surface area contributed by atoms with Gasteiger partial charge in [0.2, 0.25) is 5.91 Å². The minimum Gasteiger partial charge on any atom is -0.481 e. The summed E-state index contributed by atoms with van der Waals surface area (Å²) in [5.41, 5.74) is -0.411. The zero-order valence-corrected chi connectivity index (χ0v) is 12.8. The Hall–Kier alpha value is -2.31. The van der Waals surface area contributed by atoms with E-state index in [-0.39, 0.29) is 17.7 Å². The van der Waals surface area contributed by atoms with Crippen molar-refractivity contribution in [3.8, 4) is 0 Å². The second-order valence-corrected chi connectivity index (χ2v) is 7.00. The number of hydrogen-bond acceptors (Lipinski definition) is 3. The number of aliphatic carboxylic acids is 1. The summed E-state index contributed by atoms with van der Waals surface area (Å²) in [5.74, 6) is -2.80. The molecule has 1 amide bonds. The van der Waals surface area contributed by atoms with Crippen LogP contribution in [0.15, 0.2) is 23.3 Å². The Balaban J connectivity index is 1.56. The van der Waals surface area contributed by atoms with Crippen molar-refractivity contribution in [3.05, 3.63) is 35.4 Å². The van der Waals surface area contributed by atoms with Crippen molar-refractivity contribution in [2.24, 2.45) is 22.4 Å². The maximum Gasteiger partial charge on any atom is 0.309 e. The van der Waals surface area contributed by atoms with Crippen molar-refractivity contribution in [3.63, 3.8) is 0 Å². The van der Waals surface area contributed by atoms with Gasteiger partial charge in [-0.1, -0.05) is 0 Å². The molecule has 126 valence electrons. The minimum atomic E-state index is -0.845. The number of fused-ring (bicyclic) bond motifs is 1. The van der Waals surface area contributed by atoms with Gasteiger partial charge in [-0.3, -0.25) is 9.59 Å². The van der Waals surface area contributed by atoms with Crippen LogP contribution in [0.1, 0.15) is 37.3 Å². The molecule has 1 N–H and O–H groups in total. The van der Waals surface area contributed by atoms with Crippen LogP contribution in [0.4, 0.5) is 8.78 Å². The summed E-state index contributed by atoms with van der Waals surface area (Å²) in [6.07, 6.45) is 3.31. The molecule has 1 aliphatic heterocycles. The molecule has 1 aromatic carbocycles. The van der Waals surface area contributed by atoms with E-state index in [4.69, 9.17) is 0 Å². The third-order valence-corrected chi connectivity index (χ3v) is 5.58. The lowest BCUT2D eigenvalue weighted by molar-refractivity contribution is -0.153. The molecule has 2 bridgehead atoms. The van der Waals surface area contributed by atoms with Crippen molar-refractivity contribution in [2.75, 3.05) is 0 Å². The average Bonchev–Trinajstić information content (AvgIpc) is 3.17. The molecule has 3 aliphatic carbocycles. The van der Waals surface area contributed by atoms with Crippen molar-refractivity contribution in [1.82, 2.24) is 5.01 Å². The highest BCUT2D eigenvalue weighted by atomic mass is 19.1. The Bertz CT molecular complexity index is 738. The number of hydrogen-bond donors (Lipinski definition) is 1. The zero-order valence-electron chi connectivity index (χ0n) is 12.8. The van der Waals surface area contributed by atoms with Crippen LogP contribution in [0.2, 0.25) is 0 Å². The molecule has 0 aromatic heterocycles. The fourth-order valence-corrected chi connectivity index (χ4v) is 4.37. The number of nitrogens with zero attached hydrogens (tertiary/aromatic N) is 2. The summed E-state index contributed by atoms with van der Waals surface area (Å²) in [6.45, 7) is 0. The maximum atomic E-state index is 13.5. The minimum absolute atomic E-state index is 0.0642. The topological polar surface area (TPSA) is 70.0 Å². The van der Waals surface area contributed by atoms with Gasteiger partial charge in [0, 0.05) is 24.6 Å². The first kappa shape index (κ1) is 15.2. The van der Waals surface area contributed by atoms with E-state index in [9.17, 15) is 23.5 Å². The Kier molecular flexibility index (Phi) is 3.23. The monoisotopic (exact) mass is 334 g/mol. The average molecular weight is 334 g/mol. The largest absolute Gasteiger partial charge is 0.481 e. The van der Waals surface area contributed by atoms with Crippen molar-refractivity contribution in [2.45, 2.75) is 31.7 Å². The van der Waals surface area contributed by atoms with Gasteiger partial charge in [-0.15, -0.1) is 0 Å². The highest BCUT2D eigenvalue weighted by Gasteiger charge is 2.63. The quantitative estimate of drug-likeness (QED) is 0.924. The van der Waals surface area contributed by atoms with Crippen LogP contribution < -0.4 is 0 Å². The van der Waals surface area contributed by atoms with Crippen LogP contribution >= 0.6 is 0 Å². The van der Waals surface area contributed by atoms with Crippen LogP contribution in [0, 0.1) is 28.9 Å². The smallest absolute Gasteiger partial charge is 0.309 e. The fraction of sp³-hybridized carbons (Fsp3) is 0.471. The predicted molar refractivity (Wildman–Crippen MR) is 80.0 cm³/mol. The van der Waals surface area contributed by atoms with Crippen LogP contribution in [-0.2, 0) is 9.59 Å². The third-order valence-electron chi connectivity index (χ3n) is 5.58. The van der Waals surface area contributed by atoms with Gasteiger partial charge in [0.15, 0.2) is 0 Å². The van der Waals surface area contributed by atoms with Crippen molar-refractivity contribution < 1.29 is 23.5 Å². The molecular formula is C17H16F2N2O3.